The van der Waals surface area contributed by atoms with Crippen LogP contribution in [0, 0.1) is 6.92 Å². The van der Waals surface area contributed by atoms with Crippen LogP contribution in [-0.2, 0) is 10.0 Å². The summed E-state index contributed by atoms with van der Waals surface area (Å²) in [6, 6.07) is 3.99. The molecule has 0 aliphatic rings. The lowest BCUT2D eigenvalue weighted by Crippen LogP contribution is -2.26. The van der Waals surface area contributed by atoms with Crippen molar-refractivity contribution in [3.05, 3.63) is 38.4 Å². The van der Waals surface area contributed by atoms with Gasteiger partial charge >= 0.3 is 5.97 Å². The van der Waals surface area contributed by atoms with Gasteiger partial charge in [0, 0.05) is 0 Å². The summed E-state index contributed by atoms with van der Waals surface area (Å²) < 4.78 is 32.7. The molecule has 0 bridgehead atoms. The van der Waals surface area contributed by atoms with E-state index >= 15 is 0 Å². The maximum Gasteiger partial charge on any atom is 0.345 e. The molecule has 0 aliphatic heterocycles. The fourth-order valence-electron chi connectivity index (χ4n) is 1.68. The normalized spacial score (nSPS) is 13.3. The Morgan fingerprint density at radius 3 is 2.62 bits per heavy atom. The Morgan fingerprint density at radius 2 is 2.14 bits per heavy atom. The Hall–Kier alpha value is -1.16. The molecule has 0 saturated carbocycles. The number of carboxylic acid groups (broad SMARTS) is 1. The standard InChI is InChI=1S/C12H12BrNO5S2/c1-6-3-4-8(19-6)7(2)14-21(17,18)10-5-9(12(15)16)20-11(10)13/h3-5,7,14H,1-2H3,(H,15,16). The zero-order chi connectivity index (χ0) is 15.8. The van der Waals surface area contributed by atoms with Crippen molar-refractivity contribution >= 4 is 43.3 Å². The van der Waals surface area contributed by atoms with Gasteiger partial charge in [-0.2, -0.15) is 0 Å². The lowest BCUT2D eigenvalue weighted by Gasteiger charge is -2.11. The Labute approximate surface area is 134 Å². The number of nitrogens with one attached hydrogen (secondary N) is 1. The van der Waals surface area contributed by atoms with Crippen LogP contribution >= 0.6 is 27.3 Å². The molecule has 2 heterocycles. The number of thiophene rings is 1. The molecule has 114 valence electrons. The van der Waals surface area contributed by atoms with Crippen LogP contribution < -0.4 is 4.72 Å². The van der Waals surface area contributed by atoms with E-state index in [9.17, 15) is 13.2 Å². The van der Waals surface area contributed by atoms with Crippen molar-refractivity contribution in [1.29, 1.82) is 0 Å². The number of aryl methyl sites for hydroxylation is 1. The highest BCUT2D eigenvalue weighted by Crippen LogP contribution is 2.32. The molecule has 6 nitrogen and oxygen atoms in total. The lowest BCUT2D eigenvalue weighted by atomic mass is 10.3. The van der Waals surface area contributed by atoms with Crippen molar-refractivity contribution in [3.8, 4) is 0 Å². The molecule has 0 aliphatic carbocycles. The largest absolute Gasteiger partial charge is 0.477 e. The van der Waals surface area contributed by atoms with E-state index in [4.69, 9.17) is 9.52 Å². The fourth-order valence-corrected chi connectivity index (χ4v) is 5.30. The molecule has 0 aromatic carbocycles. The second-order valence-electron chi connectivity index (χ2n) is 4.35. The minimum Gasteiger partial charge on any atom is -0.477 e. The van der Waals surface area contributed by atoms with Gasteiger partial charge in [0.05, 0.1) is 9.83 Å². The molecule has 2 aromatic rings. The Balaban J connectivity index is 2.28. The van der Waals surface area contributed by atoms with Gasteiger partial charge in [-0.25, -0.2) is 17.9 Å². The maximum absolute atomic E-state index is 12.3. The molecule has 2 N–H and O–H groups in total. The summed E-state index contributed by atoms with van der Waals surface area (Å²) in [5.74, 6) is -0.00123. The molecule has 1 atom stereocenters. The maximum atomic E-state index is 12.3. The Morgan fingerprint density at radius 1 is 1.48 bits per heavy atom. The first kappa shape index (κ1) is 16.2. The smallest absolute Gasteiger partial charge is 0.345 e. The van der Waals surface area contributed by atoms with Crippen LogP contribution in [0.1, 0.15) is 34.2 Å². The van der Waals surface area contributed by atoms with Crippen molar-refractivity contribution in [1.82, 2.24) is 4.72 Å². The number of hydrogen-bond donors (Lipinski definition) is 2. The summed E-state index contributed by atoms with van der Waals surface area (Å²) in [5, 5.41) is 8.91. The van der Waals surface area contributed by atoms with Gasteiger partial charge in [-0.3, -0.25) is 0 Å². The van der Waals surface area contributed by atoms with Gasteiger partial charge in [0.2, 0.25) is 10.0 Å². The van der Waals surface area contributed by atoms with E-state index in [2.05, 4.69) is 20.7 Å². The van der Waals surface area contributed by atoms with Crippen molar-refractivity contribution < 1.29 is 22.7 Å². The van der Waals surface area contributed by atoms with Gasteiger partial charge in [-0.05, 0) is 48.0 Å². The zero-order valence-corrected chi connectivity index (χ0v) is 14.3. The van der Waals surface area contributed by atoms with Gasteiger partial charge in [-0.1, -0.05) is 0 Å². The van der Waals surface area contributed by atoms with Crippen molar-refractivity contribution in [2.24, 2.45) is 0 Å². The number of hydrogen-bond acceptors (Lipinski definition) is 5. The third-order valence-electron chi connectivity index (χ3n) is 2.68. The molecule has 0 radical (unpaired) electrons. The molecule has 2 rings (SSSR count). The second kappa shape index (κ2) is 5.91. The Bertz CT molecular complexity index is 777. The fraction of sp³-hybridized carbons (Fsp3) is 0.250. The number of rotatable bonds is 5. The molecule has 9 heteroatoms. The molecule has 1 unspecified atom stereocenters. The number of sulfonamides is 1. The molecule has 0 fully saturated rings. The minimum atomic E-state index is -3.85. The summed E-state index contributed by atoms with van der Waals surface area (Å²) in [7, 11) is -3.85. The summed E-state index contributed by atoms with van der Waals surface area (Å²) in [4.78, 5) is 10.7. The number of furan rings is 1. The van der Waals surface area contributed by atoms with E-state index in [1.807, 2.05) is 0 Å². The van der Waals surface area contributed by atoms with Crippen molar-refractivity contribution in [3.63, 3.8) is 0 Å². The van der Waals surface area contributed by atoms with E-state index in [1.165, 1.54) is 0 Å². The van der Waals surface area contributed by atoms with E-state index in [0.717, 1.165) is 17.4 Å². The monoisotopic (exact) mass is 393 g/mol. The average molecular weight is 394 g/mol. The third-order valence-corrected chi connectivity index (χ3v) is 6.46. The molecule has 0 amide bonds. The molecule has 0 spiro atoms. The highest BCUT2D eigenvalue weighted by Gasteiger charge is 2.26. The second-order valence-corrected chi connectivity index (χ2v) is 8.40. The SMILES string of the molecule is Cc1ccc(C(C)NS(=O)(=O)c2cc(C(=O)O)sc2Br)o1. The first-order valence-electron chi connectivity index (χ1n) is 5.82. The predicted molar refractivity (Wildman–Crippen MR) is 81.2 cm³/mol. The predicted octanol–water partition coefficient (Wildman–Crippen LogP) is 3.15. The van der Waals surface area contributed by atoms with E-state index in [-0.39, 0.29) is 13.6 Å². The van der Waals surface area contributed by atoms with Crippen molar-refractivity contribution in [2.75, 3.05) is 0 Å². The molecule has 2 aromatic heterocycles. The van der Waals surface area contributed by atoms with Gasteiger partial charge in [0.1, 0.15) is 21.3 Å². The van der Waals surface area contributed by atoms with Crippen LogP contribution in [0.5, 0.6) is 0 Å². The summed E-state index contributed by atoms with van der Waals surface area (Å²) in [6.07, 6.45) is 0. The number of carboxylic acids is 1. The van der Waals surface area contributed by atoms with Crippen LogP contribution in [0.25, 0.3) is 0 Å². The van der Waals surface area contributed by atoms with Crippen LogP contribution in [0.3, 0.4) is 0 Å². The lowest BCUT2D eigenvalue weighted by molar-refractivity contribution is 0.0702. The molecule has 0 saturated heterocycles. The highest BCUT2D eigenvalue weighted by molar-refractivity contribution is 9.11. The topological polar surface area (TPSA) is 96.6 Å². The third kappa shape index (κ3) is 3.54. The summed E-state index contributed by atoms with van der Waals surface area (Å²) in [5.41, 5.74) is 0. The van der Waals surface area contributed by atoms with Crippen LogP contribution in [-0.4, -0.2) is 19.5 Å². The number of halogens is 1. The van der Waals surface area contributed by atoms with E-state index in [1.54, 1.807) is 26.0 Å². The van der Waals surface area contributed by atoms with Crippen LogP contribution in [0.4, 0.5) is 0 Å². The van der Waals surface area contributed by atoms with Gasteiger partial charge in [0.15, 0.2) is 0 Å². The van der Waals surface area contributed by atoms with E-state index in [0.29, 0.717) is 11.5 Å². The van der Waals surface area contributed by atoms with Crippen LogP contribution in [0.2, 0.25) is 0 Å². The first-order valence-corrected chi connectivity index (χ1v) is 8.91. The van der Waals surface area contributed by atoms with E-state index < -0.39 is 22.0 Å². The average Bonchev–Trinajstić information content (AvgIpc) is 2.95. The van der Waals surface area contributed by atoms with Gasteiger partial charge in [0.25, 0.3) is 0 Å². The summed E-state index contributed by atoms with van der Waals surface area (Å²) in [6.45, 7) is 3.41. The number of carbonyl (C=O) groups is 1. The highest BCUT2D eigenvalue weighted by atomic mass is 79.9. The van der Waals surface area contributed by atoms with Gasteiger partial charge < -0.3 is 9.52 Å². The zero-order valence-electron chi connectivity index (χ0n) is 11.1. The molecular formula is C12H12BrNO5S2. The quantitative estimate of drug-likeness (QED) is 0.812. The summed E-state index contributed by atoms with van der Waals surface area (Å²) >= 11 is 3.93. The molecule has 21 heavy (non-hydrogen) atoms. The van der Waals surface area contributed by atoms with Crippen LogP contribution in [0.15, 0.2) is 31.3 Å². The number of aromatic carboxylic acids is 1. The Kier molecular flexibility index (Phi) is 4.57. The molecular weight excluding hydrogens is 382 g/mol. The first-order chi connectivity index (χ1) is 9.70. The van der Waals surface area contributed by atoms with Crippen molar-refractivity contribution in [2.45, 2.75) is 24.8 Å². The van der Waals surface area contributed by atoms with Gasteiger partial charge in [-0.15, -0.1) is 11.3 Å². The minimum absolute atomic E-state index is 0.0521.